The highest BCUT2D eigenvalue weighted by molar-refractivity contribution is 5.89. The molecule has 1 heterocycles. The van der Waals surface area contributed by atoms with Crippen molar-refractivity contribution in [2.75, 3.05) is 0 Å². The molecule has 0 aromatic rings. The van der Waals surface area contributed by atoms with Gasteiger partial charge in [0.05, 0.1) is 0 Å². The number of carbonyl (C=O) groups excluding carboxylic acids is 1. The second kappa shape index (κ2) is 3.67. The van der Waals surface area contributed by atoms with Crippen LogP contribution in [-0.2, 0) is 9.63 Å². The number of hydroxylamine groups is 1. The maximum Gasteiger partial charge on any atom is 0.214 e. The van der Waals surface area contributed by atoms with E-state index in [9.17, 15) is 4.79 Å². The third-order valence-electron chi connectivity index (χ3n) is 1.68. The molecule has 0 aromatic carbocycles. The molecule has 0 amide bonds. The molecule has 1 N–H and O–H groups in total. The van der Waals surface area contributed by atoms with E-state index in [1.54, 1.807) is 0 Å². The molecule has 0 aromatic heterocycles. The second-order valence-electron chi connectivity index (χ2n) is 3.06. The summed E-state index contributed by atoms with van der Waals surface area (Å²) >= 11 is 0. The molecule has 0 spiro atoms. The molecule has 1 atom stereocenters. The zero-order valence-corrected chi connectivity index (χ0v) is 7.63. The summed E-state index contributed by atoms with van der Waals surface area (Å²) in [4.78, 5) is 20.3. The van der Waals surface area contributed by atoms with Crippen LogP contribution in [0.2, 0.25) is 0 Å². The van der Waals surface area contributed by atoms with Crippen LogP contribution in [0, 0.1) is 5.92 Å². The number of Topliss-reactive ketones (excluding diaryl/α,β-unsaturated/α-hetero) is 1. The molecule has 0 radical (unpaired) electrons. The quantitative estimate of drug-likeness (QED) is 0.684. The molecule has 1 unspecified atom stereocenters. The van der Waals surface area contributed by atoms with Crippen LogP contribution in [0.3, 0.4) is 0 Å². The van der Waals surface area contributed by atoms with E-state index in [0.29, 0.717) is 12.3 Å². The highest BCUT2D eigenvalue weighted by Gasteiger charge is 2.25. The van der Waals surface area contributed by atoms with Gasteiger partial charge in [-0.3, -0.25) is 4.79 Å². The predicted molar refractivity (Wildman–Crippen MR) is 45.6 cm³/mol. The second-order valence-corrected chi connectivity index (χ2v) is 3.06. The monoisotopic (exact) mass is 170 g/mol. The largest absolute Gasteiger partial charge is 0.391 e. The zero-order valence-electron chi connectivity index (χ0n) is 7.63. The minimum Gasteiger partial charge on any atom is -0.391 e. The van der Waals surface area contributed by atoms with Crippen LogP contribution in [0.15, 0.2) is 4.99 Å². The van der Waals surface area contributed by atoms with Crippen molar-refractivity contribution in [1.82, 2.24) is 5.48 Å². The summed E-state index contributed by atoms with van der Waals surface area (Å²) in [5, 5.41) is 0. The van der Waals surface area contributed by atoms with Gasteiger partial charge in [0.25, 0.3) is 0 Å². The number of nitrogens with zero attached hydrogens (tertiary/aromatic N) is 1. The molecule has 4 heteroatoms. The number of nitrogens with one attached hydrogen (secondary N) is 1. The summed E-state index contributed by atoms with van der Waals surface area (Å²) in [7, 11) is 0. The van der Waals surface area contributed by atoms with Crippen molar-refractivity contribution in [3.8, 4) is 0 Å². The molecule has 0 fully saturated rings. The first kappa shape index (κ1) is 9.19. The lowest BCUT2D eigenvalue weighted by atomic mass is 10.2. The van der Waals surface area contributed by atoms with Gasteiger partial charge in [0, 0.05) is 12.3 Å². The van der Waals surface area contributed by atoms with E-state index in [4.69, 9.17) is 4.84 Å². The molecular weight excluding hydrogens is 156 g/mol. The fourth-order valence-electron chi connectivity index (χ4n) is 0.894. The van der Waals surface area contributed by atoms with Crippen molar-refractivity contribution in [2.24, 2.45) is 10.9 Å². The van der Waals surface area contributed by atoms with E-state index < -0.39 is 6.17 Å². The Morgan fingerprint density at radius 3 is 2.83 bits per heavy atom. The fourth-order valence-corrected chi connectivity index (χ4v) is 0.894. The van der Waals surface area contributed by atoms with Crippen molar-refractivity contribution in [3.05, 3.63) is 0 Å². The molecule has 0 saturated heterocycles. The summed E-state index contributed by atoms with van der Waals surface area (Å²) in [6.07, 6.45) is 0.00279. The molecule has 0 saturated carbocycles. The molecule has 0 bridgehead atoms. The lowest BCUT2D eigenvalue weighted by Crippen LogP contribution is -2.29. The number of carbonyl (C=O) groups is 1. The summed E-state index contributed by atoms with van der Waals surface area (Å²) in [5.41, 5.74) is 2.59. The number of hydrogen-bond acceptors (Lipinski definition) is 4. The highest BCUT2D eigenvalue weighted by Crippen LogP contribution is 2.08. The van der Waals surface area contributed by atoms with Gasteiger partial charge >= 0.3 is 0 Å². The van der Waals surface area contributed by atoms with Gasteiger partial charge in [0.1, 0.15) is 0 Å². The first-order valence-corrected chi connectivity index (χ1v) is 4.18. The van der Waals surface area contributed by atoms with Gasteiger partial charge in [-0.1, -0.05) is 20.8 Å². The van der Waals surface area contributed by atoms with Gasteiger partial charge in [-0.15, -0.1) is 5.48 Å². The van der Waals surface area contributed by atoms with E-state index in [2.05, 4.69) is 10.5 Å². The van der Waals surface area contributed by atoms with Gasteiger partial charge in [-0.25, -0.2) is 4.99 Å². The molecule has 1 rings (SSSR count). The van der Waals surface area contributed by atoms with Crippen molar-refractivity contribution in [1.29, 1.82) is 0 Å². The van der Waals surface area contributed by atoms with Crippen LogP contribution in [0.25, 0.3) is 0 Å². The topological polar surface area (TPSA) is 50.7 Å². The van der Waals surface area contributed by atoms with Gasteiger partial charge < -0.3 is 4.84 Å². The van der Waals surface area contributed by atoms with Crippen molar-refractivity contribution < 1.29 is 9.63 Å². The summed E-state index contributed by atoms with van der Waals surface area (Å²) in [6.45, 7) is 5.76. The average molecular weight is 170 g/mol. The summed E-state index contributed by atoms with van der Waals surface area (Å²) < 4.78 is 0. The standard InChI is InChI=1S/C8H14N2O2/c1-4-6(11)7-9-8(5(2)3)12-10-7/h5,7,10H,4H2,1-3H3. The van der Waals surface area contributed by atoms with Crippen LogP contribution in [0.1, 0.15) is 27.2 Å². The number of aliphatic imine (C=N–C) groups is 1. The third-order valence-corrected chi connectivity index (χ3v) is 1.68. The molecule has 12 heavy (non-hydrogen) atoms. The van der Waals surface area contributed by atoms with E-state index >= 15 is 0 Å². The van der Waals surface area contributed by atoms with Gasteiger partial charge in [-0.2, -0.15) is 0 Å². The van der Waals surface area contributed by atoms with Crippen molar-refractivity contribution >= 4 is 11.7 Å². The molecule has 1 aliphatic rings. The molecular formula is C8H14N2O2. The number of rotatable bonds is 3. The number of ketones is 1. The third kappa shape index (κ3) is 1.82. The Labute approximate surface area is 72.0 Å². The molecule has 4 nitrogen and oxygen atoms in total. The van der Waals surface area contributed by atoms with Crippen LogP contribution in [0.5, 0.6) is 0 Å². The molecule has 1 aliphatic heterocycles. The van der Waals surface area contributed by atoms with E-state index in [1.165, 1.54) is 0 Å². The van der Waals surface area contributed by atoms with E-state index in [-0.39, 0.29) is 11.7 Å². The Morgan fingerprint density at radius 1 is 1.75 bits per heavy atom. The minimum absolute atomic E-state index is 0.0608. The van der Waals surface area contributed by atoms with Crippen LogP contribution >= 0.6 is 0 Å². The molecule has 68 valence electrons. The smallest absolute Gasteiger partial charge is 0.214 e. The Bertz CT molecular complexity index is 211. The summed E-state index contributed by atoms with van der Waals surface area (Å²) in [5.74, 6) is 0.902. The lowest BCUT2D eigenvalue weighted by Gasteiger charge is -2.02. The number of hydrogen-bond donors (Lipinski definition) is 1. The average Bonchev–Trinajstić information content (AvgIpc) is 2.51. The Balaban J connectivity index is 2.58. The molecule has 0 aliphatic carbocycles. The van der Waals surface area contributed by atoms with E-state index in [0.717, 1.165) is 0 Å². The Kier molecular flexibility index (Phi) is 2.81. The summed E-state index contributed by atoms with van der Waals surface area (Å²) in [6, 6.07) is 0. The Morgan fingerprint density at radius 2 is 2.42 bits per heavy atom. The highest BCUT2D eigenvalue weighted by atomic mass is 16.7. The van der Waals surface area contributed by atoms with Gasteiger partial charge in [0.2, 0.25) is 5.90 Å². The zero-order chi connectivity index (χ0) is 9.14. The van der Waals surface area contributed by atoms with Crippen LogP contribution in [-0.4, -0.2) is 17.8 Å². The normalized spacial score (nSPS) is 22.3. The SMILES string of the molecule is CCC(=O)C1N=C(C(C)C)ON1. The first-order chi connectivity index (χ1) is 5.65. The maximum atomic E-state index is 11.1. The van der Waals surface area contributed by atoms with E-state index in [1.807, 2.05) is 20.8 Å². The van der Waals surface area contributed by atoms with Crippen molar-refractivity contribution in [3.63, 3.8) is 0 Å². The van der Waals surface area contributed by atoms with Crippen LogP contribution < -0.4 is 5.48 Å². The first-order valence-electron chi connectivity index (χ1n) is 4.18. The Hall–Kier alpha value is -0.900. The lowest BCUT2D eigenvalue weighted by molar-refractivity contribution is -0.121. The minimum atomic E-state index is -0.479. The van der Waals surface area contributed by atoms with Gasteiger partial charge in [-0.05, 0) is 0 Å². The van der Waals surface area contributed by atoms with Crippen molar-refractivity contribution in [2.45, 2.75) is 33.4 Å². The van der Waals surface area contributed by atoms with Gasteiger partial charge in [0.15, 0.2) is 11.9 Å². The fraction of sp³-hybridized carbons (Fsp3) is 0.750. The van der Waals surface area contributed by atoms with Crippen LogP contribution in [0.4, 0.5) is 0 Å². The predicted octanol–water partition coefficient (Wildman–Crippen LogP) is 0.881. The maximum absolute atomic E-state index is 11.1.